The number of nitrogens with zero attached hydrogens (tertiary/aromatic N) is 2. The van der Waals surface area contributed by atoms with E-state index in [1.54, 1.807) is 0 Å². The van der Waals surface area contributed by atoms with Gasteiger partial charge in [-0.3, -0.25) is 9.98 Å². The summed E-state index contributed by atoms with van der Waals surface area (Å²) in [6, 6.07) is 8.20. The Kier molecular flexibility index (Phi) is 3.57. The van der Waals surface area contributed by atoms with E-state index in [0.29, 0.717) is 0 Å². The zero-order chi connectivity index (χ0) is 10.6. The van der Waals surface area contributed by atoms with E-state index in [-0.39, 0.29) is 0 Å². The Labute approximate surface area is 85.4 Å². The molecule has 74 valence electrons. The van der Waals surface area contributed by atoms with Gasteiger partial charge in [-0.15, -0.1) is 0 Å². The van der Waals surface area contributed by atoms with E-state index in [1.807, 2.05) is 40.1 Å². The lowest BCUT2D eigenvalue weighted by atomic mass is 10.0. The maximum absolute atomic E-state index is 4.20. The third-order valence-electron chi connectivity index (χ3n) is 2.38. The van der Waals surface area contributed by atoms with Gasteiger partial charge in [0, 0.05) is 36.6 Å². The first-order valence-corrected chi connectivity index (χ1v) is 4.67. The summed E-state index contributed by atoms with van der Waals surface area (Å²) in [5.74, 6) is 0. The first kappa shape index (κ1) is 10.6. The fourth-order valence-electron chi connectivity index (χ4n) is 1.36. The Morgan fingerprint density at radius 1 is 0.857 bits per heavy atom. The smallest absolute Gasteiger partial charge is 0.0392 e. The Bertz CT molecular complexity index is 339. The van der Waals surface area contributed by atoms with Crippen molar-refractivity contribution < 1.29 is 0 Å². The van der Waals surface area contributed by atoms with E-state index >= 15 is 0 Å². The summed E-state index contributed by atoms with van der Waals surface area (Å²) in [6.07, 6.45) is 0. The van der Waals surface area contributed by atoms with Crippen LogP contribution in [0.1, 0.15) is 25.0 Å². The maximum Gasteiger partial charge on any atom is 0.0392 e. The Hall–Kier alpha value is -1.44. The highest BCUT2D eigenvalue weighted by atomic mass is 14.7. The van der Waals surface area contributed by atoms with Crippen LogP contribution in [0.4, 0.5) is 0 Å². The largest absolute Gasteiger partial charge is 0.293 e. The summed E-state index contributed by atoms with van der Waals surface area (Å²) in [5, 5.41) is 0. The second-order valence-electron chi connectivity index (χ2n) is 3.16. The van der Waals surface area contributed by atoms with E-state index in [0.717, 1.165) is 22.6 Å². The van der Waals surface area contributed by atoms with Crippen LogP contribution in [0.15, 0.2) is 34.3 Å². The molecule has 0 atom stereocenters. The number of aliphatic imine (C=N–C) groups is 2. The zero-order valence-corrected chi connectivity index (χ0v) is 9.20. The van der Waals surface area contributed by atoms with Crippen molar-refractivity contribution in [3.8, 4) is 0 Å². The van der Waals surface area contributed by atoms with Gasteiger partial charge >= 0.3 is 0 Å². The molecule has 0 aliphatic rings. The van der Waals surface area contributed by atoms with Crippen molar-refractivity contribution in [3.63, 3.8) is 0 Å². The normalized spacial score (nSPS) is 13.1. The number of rotatable bonds is 2. The van der Waals surface area contributed by atoms with Gasteiger partial charge in [-0.1, -0.05) is 24.3 Å². The minimum Gasteiger partial charge on any atom is -0.293 e. The lowest BCUT2D eigenvalue weighted by Gasteiger charge is -2.07. The van der Waals surface area contributed by atoms with Crippen molar-refractivity contribution in [1.29, 1.82) is 0 Å². The molecule has 0 aliphatic heterocycles. The molecule has 0 saturated heterocycles. The van der Waals surface area contributed by atoms with E-state index < -0.39 is 0 Å². The highest BCUT2D eigenvalue weighted by molar-refractivity contribution is 6.11. The molecule has 0 fully saturated rings. The van der Waals surface area contributed by atoms with E-state index in [4.69, 9.17) is 0 Å². The van der Waals surface area contributed by atoms with Crippen molar-refractivity contribution in [2.24, 2.45) is 9.98 Å². The van der Waals surface area contributed by atoms with Crippen LogP contribution in [-0.4, -0.2) is 25.5 Å². The topological polar surface area (TPSA) is 24.7 Å². The molecule has 2 heteroatoms. The predicted octanol–water partition coefficient (Wildman–Crippen LogP) is 2.56. The molecule has 14 heavy (non-hydrogen) atoms. The molecule has 0 heterocycles. The Morgan fingerprint density at radius 3 is 1.50 bits per heavy atom. The monoisotopic (exact) mass is 188 g/mol. The molecule has 0 spiro atoms. The van der Waals surface area contributed by atoms with Crippen molar-refractivity contribution in [1.82, 2.24) is 0 Å². The molecular weight excluding hydrogens is 172 g/mol. The molecule has 0 aromatic heterocycles. The van der Waals surface area contributed by atoms with Gasteiger partial charge in [0.1, 0.15) is 0 Å². The highest BCUT2D eigenvalue weighted by Crippen LogP contribution is 2.11. The minimum atomic E-state index is 1.04. The zero-order valence-electron chi connectivity index (χ0n) is 9.20. The second-order valence-corrected chi connectivity index (χ2v) is 3.16. The van der Waals surface area contributed by atoms with E-state index in [9.17, 15) is 0 Å². The van der Waals surface area contributed by atoms with Crippen LogP contribution in [-0.2, 0) is 0 Å². The average molecular weight is 188 g/mol. The lowest BCUT2D eigenvalue weighted by Crippen LogP contribution is -2.05. The molecule has 0 aliphatic carbocycles. The SMILES string of the molecule is CN=C(C)c1ccccc1C(C)=NC. The fraction of sp³-hybridized carbons (Fsp3) is 0.333. The molecular formula is C12H16N2. The van der Waals surface area contributed by atoms with Crippen LogP contribution in [0.3, 0.4) is 0 Å². The number of hydrogen-bond donors (Lipinski definition) is 0. The standard InChI is InChI=1S/C12H16N2/c1-9(13-3)11-7-5-6-8-12(11)10(2)14-4/h5-8H,1-4H3. The van der Waals surface area contributed by atoms with Gasteiger partial charge in [0.25, 0.3) is 0 Å². The molecule has 0 amide bonds. The molecule has 1 aromatic carbocycles. The van der Waals surface area contributed by atoms with Gasteiger partial charge in [-0.25, -0.2) is 0 Å². The van der Waals surface area contributed by atoms with E-state index in [1.165, 1.54) is 0 Å². The van der Waals surface area contributed by atoms with Gasteiger partial charge in [0.2, 0.25) is 0 Å². The first-order valence-electron chi connectivity index (χ1n) is 4.67. The molecule has 1 aromatic rings. The van der Waals surface area contributed by atoms with Crippen LogP contribution in [0.5, 0.6) is 0 Å². The van der Waals surface area contributed by atoms with Crippen LogP contribution >= 0.6 is 0 Å². The summed E-state index contributed by atoms with van der Waals surface area (Å²) in [5.41, 5.74) is 4.42. The summed E-state index contributed by atoms with van der Waals surface area (Å²) in [7, 11) is 3.62. The quantitative estimate of drug-likeness (QED) is 0.637. The number of hydrogen-bond acceptors (Lipinski definition) is 2. The summed E-state index contributed by atoms with van der Waals surface area (Å²) < 4.78 is 0. The third-order valence-corrected chi connectivity index (χ3v) is 2.38. The Balaban J connectivity index is 3.30. The average Bonchev–Trinajstić information content (AvgIpc) is 2.27. The van der Waals surface area contributed by atoms with Crippen molar-refractivity contribution in [2.45, 2.75) is 13.8 Å². The van der Waals surface area contributed by atoms with Gasteiger partial charge < -0.3 is 0 Å². The second kappa shape index (κ2) is 4.70. The third kappa shape index (κ3) is 2.08. The van der Waals surface area contributed by atoms with Gasteiger partial charge in [-0.2, -0.15) is 0 Å². The van der Waals surface area contributed by atoms with Gasteiger partial charge in [0.05, 0.1) is 0 Å². The van der Waals surface area contributed by atoms with Crippen molar-refractivity contribution in [2.75, 3.05) is 14.1 Å². The summed E-state index contributed by atoms with van der Waals surface area (Å²) in [6.45, 7) is 4.03. The van der Waals surface area contributed by atoms with Crippen molar-refractivity contribution in [3.05, 3.63) is 35.4 Å². The maximum atomic E-state index is 4.20. The molecule has 0 N–H and O–H groups in total. The van der Waals surface area contributed by atoms with Gasteiger partial charge in [0.15, 0.2) is 0 Å². The molecule has 1 rings (SSSR count). The molecule has 2 nitrogen and oxygen atoms in total. The van der Waals surface area contributed by atoms with Crippen LogP contribution in [0.2, 0.25) is 0 Å². The summed E-state index contributed by atoms with van der Waals surface area (Å²) in [4.78, 5) is 8.40. The van der Waals surface area contributed by atoms with Crippen LogP contribution < -0.4 is 0 Å². The molecule has 0 radical (unpaired) electrons. The molecule has 0 saturated carbocycles. The predicted molar refractivity (Wildman–Crippen MR) is 62.7 cm³/mol. The highest BCUT2D eigenvalue weighted by Gasteiger charge is 2.05. The van der Waals surface area contributed by atoms with Crippen LogP contribution in [0, 0.1) is 0 Å². The lowest BCUT2D eigenvalue weighted by molar-refractivity contribution is 1.38. The Morgan fingerprint density at radius 2 is 1.21 bits per heavy atom. The number of benzene rings is 1. The van der Waals surface area contributed by atoms with Crippen LogP contribution in [0.25, 0.3) is 0 Å². The fourth-order valence-corrected chi connectivity index (χ4v) is 1.36. The van der Waals surface area contributed by atoms with Gasteiger partial charge in [-0.05, 0) is 13.8 Å². The van der Waals surface area contributed by atoms with Crippen molar-refractivity contribution >= 4 is 11.4 Å². The molecule has 0 bridgehead atoms. The minimum absolute atomic E-state index is 1.04. The molecule has 0 unspecified atom stereocenters. The first-order chi connectivity index (χ1) is 6.70. The summed E-state index contributed by atoms with van der Waals surface area (Å²) >= 11 is 0. The van der Waals surface area contributed by atoms with E-state index in [2.05, 4.69) is 22.1 Å².